The Morgan fingerprint density at radius 3 is 2.67 bits per heavy atom. The Labute approximate surface area is 103 Å². The van der Waals surface area contributed by atoms with Crippen molar-refractivity contribution in [2.45, 2.75) is 0 Å². The number of benzene rings is 1. The summed E-state index contributed by atoms with van der Waals surface area (Å²) in [4.78, 5) is 14.8. The molecule has 1 aromatic heterocycles. The van der Waals surface area contributed by atoms with Crippen molar-refractivity contribution in [3.8, 4) is 17.4 Å². The third-order valence-corrected chi connectivity index (χ3v) is 2.28. The Bertz CT molecular complexity index is 582. The number of aromatic hydroxyl groups is 1. The Balaban J connectivity index is 2.24. The largest absolute Gasteiger partial charge is 0.506 e. The van der Waals surface area contributed by atoms with E-state index in [0.717, 1.165) is 0 Å². The minimum atomic E-state index is -0.564. The molecule has 0 bridgehead atoms. The van der Waals surface area contributed by atoms with E-state index in [4.69, 9.17) is 16.2 Å². The summed E-state index contributed by atoms with van der Waals surface area (Å²) in [5, 5.41) is 9.41. The number of aromatic nitrogens is 1. The number of nitrogens with zero attached hydrogens (tertiary/aromatic N) is 1. The van der Waals surface area contributed by atoms with Crippen molar-refractivity contribution in [1.29, 1.82) is 0 Å². The Morgan fingerprint density at radius 2 is 2.06 bits per heavy atom. The lowest BCUT2D eigenvalue weighted by Gasteiger charge is -2.08. The van der Waals surface area contributed by atoms with Crippen molar-refractivity contribution >= 4 is 11.6 Å². The number of anilines is 1. The van der Waals surface area contributed by atoms with Gasteiger partial charge in [0.25, 0.3) is 0 Å². The second-order valence-electron chi connectivity index (χ2n) is 3.54. The molecular weight excluding hydrogens is 234 g/mol. The van der Waals surface area contributed by atoms with Crippen LogP contribution in [0.2, 0.25) is 0 Å². The number of amides is 1. The number of carbonyl (C=O) groups is 1. The van der Waals surface area contributed by atoms with Crippen LogP contribution in [-0.4, -0.2) is 16.0 Å². The van der Waals surface area contributed by atoms with Crippen molar-refractivity contribution in [2.24, 2.45) is 5.73 Å². The standard InChI is InChI=1S/C12H11N3O3/c13-11-8(16)2-1-3-9(11)18-10-5-4-7(6-15-10)12(14)17/h1-6,16H,13H2,(H2,14,17). The first kappa shape index (κ1) is 11.7. The first-order valence-electron chi connectivity index (χ1n) is 5.09. The van der Waals surface area contributed by atoms with Crippen molar-refractivity contribution in [3.05, 3.63) is 42.1 Å². The molecule has 0 aliphatic rings. The zero-order valence-electron chi connectivity index (χ0n) is 9.33. The molecule has 18 heavy (non-hydrogen) atoms. The number of nitrogens with two attached hydrogens (primary N) is 2. The van der Waals surface area contributed by atoms with Gasteiger partial charge in [0, 0.05) is 12.3 Å². The van der Waals surface area contributed by atoms with Crippen LogP contribution in [0.3, 0.4) is 0 Å². The van der Waals surface area contributed by atoms with E-state index < -0.39 is 5.91 Å². The number of pyridine rings is 1. The lowest BCUT2D eigenvalue weighted by atomic mass is 10.2. The normalized spacial score (nSPS) is 10.0. The van der Waals surface area contributed by atoms with Gasteiger partial charge in [0.05, 0.1) is 5.56 Å². The van der Waals surface area contributed by atoms with E-state index in [1.807, 2.05) is 0 Å². The van der Waals surface area contributed by atoms with Crippen LogP contribution in [0.4, 0.5) is 5.69 Å². The monoisotopic (exact) mass is 245 g/mol. The quantitative estimate of drug-likeness (QED) is 0.556. The van der Waals surface area contributed by atoms with Crippen LogP contribution >= 0.6 is 0 Å². The van der Waals surface area contributed by atoms with Crippen molar-refractivity contribution in [1.82, 2.24) is 4.98 Å². The van der Waals surface area contributed by atoms with Crippen LogP contribution in [-0.2, 0) is 0 Å². The van der Waals surface area contributed by atoms with Gasteiger partial charge in [-0.2, -0.15) is 0 Å². The summed E-state index contributed by atoms with van der Waals surface area (Å²) < 4.78 is 5.38. The molecule has 5 N–H and O–H groups in total. The summed E-state index contributed by atoms with van der Waals surface area (Å²) in [5.41, 5.74) is 11.1. The minimum Gasteiger partial charge on any atom is -0.506 e. The first-order chi connectivity index (χ1) is 8.58. The van der Waals surface area contributed by atoms with E-state index in [2.05, 4.69) is 4.98 Å². The predicted octanol–water partition coefficient (Wildman–Crippen LogP) is 1.26. The zero-order chi connectivity index (χ0) is 13.1. The molecule has 0 aliphatic carbocycles. The highest BCUT2D eigenvalue weighted by atomic mass is 16.5. The highest BCUT2D eigenvalue weighted by Gasteiger charge is 2.07. The van der Waals surface area contributed by atoms with Gasteiger partial charge in [0.1, 0.15) is 11.4 Å². The van der Waals surface area contributed by atoms with E-state index in [-0.39, 0.29) is 28.6 Å². The lowest BCUT2D eigenvalue weighted by molar-refractivity contribution is 0.1000. The molecule has 2 aromatic rings. The average molecular weight is 245 g/mol. The van der Waals surface area contributed by atoms with E-state index >= 15 is 0 Å². The fourth-order valence-corrected chi connectivity index (χ4v) is 1.32. The SMILES string of the molecule is NC(=O)c1ccc(Oc2cccc(O)c2N)nc1. The number of rotatable bonds is 3. The second kappa shape index (κ2) is 4.62. The molecule has 0 atom stereocenters. The molecule has 6 nitrogen and oxygen atoms in total. The maximum atomic E-state index is 10.9. The molecule has 0 aliphatic heterocycles. The van der Waals surface area contributed by atoms with E-state index in [9.17, 15) is 9.90 Å². The smallest absolute Gasteiger partial charge is 0.250 e. The molecule has 1 heterocycles. The van der Waals surface area contributed by atoms with Crippen molar-refractivity contribution in [2.75, 3.05) is 5.73 Å². The number of para-hydroxylation sites is 1. The Morgan fingerprint density at radius 1 is 1.28 bits per heavy atom. The molecule has 0 spiro atoms. The van der Waals surface area contributed by atoms with Crippen molar-refractivity contribution < 1.29 is 14.6 Å². The summed E-state index contributed by atoms with van der Waals surface area (Å²) in [6.45, 7) is 0. The number of primary amides is 1. The van der Waals surface area contributed by atoms with Gasteiger partial charge >= 0.3 is 0 Å². The van der Waals surface area contributed by atoms with Crippen LogP contribution in [0.15, 0.2) is 36.5 Å². The highest BCUT2D eigenvalue weighted by molar-refractivity contribution is 5.92. The second-order valence-corrected chi connectivity index (χ2v) is 3.54. The maximum Gasteiger partial charge on any atom is 0.250 e. The van der Waals surface area contributed by atoms with Crippen molar-refractivity contribution in [3.63, 3.8) is 0 Å². The molecule has 0 fully saturated rings. The molecule has 0 unspecified atom stereocenters. The predicted molar refractivity (Wildman–Crippen MR) is 65.3 cm³/mol. The van der Waals surface area contributed by atoms with Gasteiger partial charge in [-0.1, -0.05) is 6.07 Å². The first-order valence-corrected chi connectivity index (χ1v) is 5.09. The number of carbonyl (C=O) groups excluding carboxylic acids is 1. The summed E-state index contributed by atoms with van der Waals surface area (Å²) in [7, 11) is 0. The Kier molecular flexibility index (Phi) is 3.01. The summed E-state index contributed by atoms with van der Waals surface area (Å²) >= 11 is 0. The lowest BCUT2D eigenvalue weighted by Crippen LogP contribution is -2.10. The molecule has 0 saturated carbocycles. The van der Waals surface area contributed by atoms with E-state index in [0.29, 0.717) is 0 Å². The van der Waals surface area contributed by atoms with Gasteiger partial charge in [-0.15, -0.1) is 0 Å². The zero-order valence-corrected chi connectivity index (χ0v) is 9.33. The fraction of sp³-hybridized carbons (Fsp3) is 0. The van der Waals surface area contributed by atoms with E-state index in [1.54, 1.807) is 12.1 Å². The minimum absolute atomic E-state index is 0.0683. The maximum absolute atomic E-state index is 10.9. The van der Waals surface area contributed by atoms with Crippen LogP contribution in [0, 0.1) is 0 Å². The molecule has 1 amide bonds. The van der Waals surface area contributed by atoms with E-state index in [1.165, 1.54) is 24.4 Å². The summed E-state index contributed by atoms with van der Waals surface area (Å²) in [6, 6.07) is 7.62. The van der Waals surface area contributed by atoms with Crippen LogP contribution < -0.4 is 16.2 Å². The molecule has 2 rings (SSSR count). The van der Waals surface area contributed by atoms with Crippen LogP contribution in [0.25, 0.3) is 0 Å². The van der Waals surface area contributed by atoms with Gasteiger partial charge in [-0.05, 0) is 18.2 Å². The molecule has 6 heteroatoms. The fourth-order valence-electron chi connectivity index (χ4n) is 1.32. The number of hydrogen-bond acceptors (Lipinski definition) is 5. The summed E-state index contributed by atoms with van der Waals surface area (Å²) in [6.07, 6.45) is 1.30. The Hall–Kier alpha value is -2.76. The van der Waals surface area contributed by atoms with Gasteiger partial charge in [-0.3, -0.25) is 4.79 Å². The summed E-state index contributed by atoms with van der Waals surface area (Å²) in [5.74, 6) is -0.0983. The van der Waals surface area contributed by atoms with Gasteiger partial charge < -0.3 is 21.3 Å². The highest BCUT2D eigenvalue weighted by Crippen LogP contribution is 2.32. The number of phenolic OH excluding ortho intramolecular Hbond substituents is 1. The third kappa shape index (κ3) is 2.32. The molecule has 0 radical (unpaired) electrons. The molecule has 92 valence electrons. The van der Waals surface area contributed by atoms with Gasteiger partial charge in [0.15, 0.2) is 5.75 Å². The number of phenols is 1. The number of ether oxygens (including phenoxy) is 1. The van der Waals surface area contributed by atoms with Gasteiger partial charge in [-0.25, -0.2) is 4.98 Å². The molecule has 0 saturated heterocycles. The number of hydrogen-bond donors (Lipinski definition) is 3. The third-order valence-electron chi connectivity index (χ3n) is 2.28. The average Bonchev–Trinajstić information content (AvgIpc) is 2.36. The molecular formula is C12H11N3O3. The van der Waals surface area contributed by atoms with Gasteiger partial charge in [0.2, 0.25) is 11.8 Å². The topological polar surface area (TPSA) is 111 Å². The van der Waals surface area contributed by atoms with Crippen LogP contribution in [0.5, 0.6) is 17.4 Å². The van der Waals surface area contributed by atoms with Crippen LogP contribution in [0.1, 0.15) is 10.4 Å². The number of nitrogen functional groups attached to an aromatic ring is 1. The molecule has 1 aromatic carbocycles.